The lowest BCUT2D eigenvalue weighted by Gasteiger charge is -2.22. The first kappa shape index (κ1) is 15.8. The third kappa shape index (κ3) is 4.74. The molecule has 0 unspecified atom stereocenters. The number of carbonyl (C=O) groups excluding carboxylic acids is 1. The molecule has 1 saturated heterocycles. The molecular weight excluding hydrogens is 281 g/mol. The molecule has 2 rings (SSSR count). The summed E-state index contributed by atoms with van der Waals surface area (Å²) in [5.74, 6) is 0.142. The van der Waals surface area contributed by atoms with Crippen molar-refractivity contribution >= 4 is 5.91 Å². The molecule has 2 N–H and O–H groups in total. The van der Waals surface area contributed by atoms with Gasteiger partial charge in [-0.2, -0.15) is 13.2 Å². The number of amides is 1. The number of halogens is 3. The summed E-state index contributed by atoms with van der Waals surface area (Å²) in [6, 6.07) is 5.33. The molecule has 0 saturated carbocycles. The molecule has 1 heterocycles. The molecular formula is C15H19F3N2O. The van der Waals surface area contributed by atoms with Crippen molar-refractivity contribution in [3.05, 3.63) is 35.4 Å². The van der Waals surface area contributed by atoms with Gasteiger partial charge in [-0.25, -0.2) is 0 Å². The lowest BCUT2D eigenvalue weighted by Crippen LogP contribution is -2.32. The lowest BCUT2D eigenvalue weighted by molar-refractivity contribution is -0.138. The zero-order valence-corrected chi connectivity index (χ0v) is 11.7. The van der Waals surface area contributed by atoms with Crippen molar-refractivity contribution in [1.82, 2.24) is 10.6 Å². The highest BCUT2D eigenvalue weighted by Gasteiger charge is 2.32. The van der Waals surface area contributed by atoms with Crippen LogP contribution >= 0.6 is 0 Å². The SMILES string of the molecule is O=C(CC1CCNCC1)NCc1ccccc1C(F)(F)F. The first-order valence-corrected chi connectivity index (χ1v) is 7.09. The van der Waals surface area contributed by atoms with Gasteiger partial charge in [-0.1, -0.05) is 18.2 Å². The largest absolute Gasteiger partial charge is 0.416 e. The van der Waals surface area contributed by atoms with Crippen molar-refractivity contribution in [2.24, 2.45) is 5.92 Å². The average molecular weight is 300 g/mol. The summed E-state index contributed by atoms with van der Waals surface area (Å²) < 4.78 is 38.5. The Hall–Kier alpha value is -1.56. The summed E-state index contributed by atoms with van der Waals surface area (Å²) in [6.07, 6.45) is -2.13. The molecule has 0 spiro atoms. The monoisotopic (exact) mass is 300 g/mol. The topological polar surface area (TPSA) is 41.1 Å². The molecule has 1 aromatic carbocycles. The molecule has 0 bridgehead atoms. The summed E-state index contributed by atoms with van der Waals surface area (Å²) >= 11 is 0. The molecule has 1 fully saturated rings. The Morgan fingerprint density at radius 2 is 1.90 bits per heavy atom. The highest BCUT2D eigenvalue weighted by atomic mass is 19.4. The highest BCUT2D eigenvalue weighted by Crippen LogP contribution is 2.31. The Morgan fingerprint density at radius 1 is 1.24 bits per heavy atom. The Balaban J connectivity index is 1.89. The average Bonchev–Trinajstić information content (AvgIpc) is 2.45. The summed E-state index contributed by atoms with van der Waals surface area (Å²) in [6.45, 7) is 1.71. The van der Waals surface area contributed by atoms with Crippen LogP contribution in [0.5, 0.6) is 0 Å². The molecule has 0 radical (unpaired) electrons. The van der Waals surface area contributed by atoms with E-state index in [1.54, 1.807) is 6.07 Å². The van der Waals surface area contributed by atoms with Crippen LogP contribution in [0.15, 0.2) is 24.3 Å². The van der Waals surface area contributed by atoms with Crippen molar-refractivity contribution < 1.29 is 18.0 Å². The zero-order chi connectivity index (χ0) is 15.3. The van der Waals surface area contributed by atoms with Crippen LogP contribution in [0, 0.1) is 5.92 Å². The van der Waals surface area contributed by atoms with E-state index < -0.39 is 11.7 Å². The minimum atomic E-state index is -4.39. The summed E-state index contributed by atoms with van der Waals surface area (Å²) in [4.78, 5) is 11.8. The highest BCUT2D eigenvalue weighted by molar-refractivity contribution is 5.76. The third-order valence-corrected chi connectivity index (χ3v) is 3.73. The second kappa shape index (κ2) is 6.93. The van der Waals surface area contributed by atoms with Crippen molar-refractivity contribution in [1.29, 1.82) is 0 Å². The Kier molecular flexibility index (Phi) is 5.22. The number of alkyl halides is 3. The van der Waals surface area contributed by atoms with E-state index in [0.717, 1.165) is 32.0 Å². The van der Waals surface area contributed by atoms with Crippen molar-refractivity contribution in [2.75, 3.05) is 13.1 Å². The zero-order valence-electron chi connectivity index (χ0n) is 11.7. The first-order chi connectivity index (χ1) is 9.97. The smallest absolute Gasteiger partial charge is 0.352 e. The molecule has 0 atom stereocenters. The van der Waals surface area contributed by atoms with Crippen molar-refractivity contribution in [3.8, 4) is 0 Å². The maximum absolute atomic E-state index is 12.8. The van der Waals surface area contributed by atoms with E-state index in [4.69, 9.17) is 0 Å². The van der Waals surface area contributed by atoms with Gasteiger partial charge in [0.25, 0.3) is 0 Å². The minimum absolute atomic E-state index is 0.0838. The van der Waals surface area contributed by atoms with Crippen molar-refractivity contribution in [3.63, 3.8) is 0 Å². The van der Waals surface area contributed by atoms with Crippen LogP contribution in [-0.4, -0.2) is 19.0 Å². The predicted molar refractivity (Wildman–Crippen MR) is 73.5 cm³/mol. The van der Waals surface area contributed by atoms with E-state index in [1.165, 1.54) is 12.1 Å². The molecule has 1 aromatic rings. The van der Waals surface area contributed by atoms with Crippen molar-refractivity contribution in [2.45, 2.75) is 32.0 Å². The van der Waals surface area contributed by atoms with Crippen LogP contribution < -0.4 is 10.6 Å². The molecule has 0 aromatic heterocycles. The molecule has 6 heteroatoms. The number of rotatable bonds is 4. The van der Waals surface area contributed by atoms with Crippen LogP contribution in [0.2, 0.25) is 0 Å². The van der Waals surface area contributed by atoms with Gasteiger partial charge in [0.15, 0.2) is 0 Å². The fourth-order valence-electron chi connectivity index (χ4n) is 2.57. The number of piperidine rings is 1. The second-order valence-electron chi connectivity index (χ2n) is 5.33. The maximum atomic E-state index is 12.8. The van der Waals surface area contributed by atoms with Gasteiger partial charge in [0.2, 0.25) is 5.91 Å². The number of hydrogen-bond acceptors (Lipinski definition) is 2. The van der Waals surface area contributed by atoms with Gasteiger partial charge in [-0.05, 0) is 43.5 Å². The van der Waals surface area contributed by atoms with E-state index in [1.807, 2.05) is 0 Å². The quantitative estimate of drug-likeness (QED) is 0.897. The molecule has 1 amide bonds. The Bertz CT molecular complexity index is 482. The van der Waals surface area contributed by atoms with Crippen LogP contribution in [0.4, 0.5) is 13.2 Å². The Morgan fingerprint density at radius 3 is 2.57 bits per heavy atom. The van der Waals surface area contributed by atoms with E-state index in [-0.39, 0.29) is 18.0 Å². The number of hydrogen-bond donors (Lipinski definition) is 2. The summed E-state index contributed by atoms with van der Waals surface area (Å²) in [5.41, 5.74) is -0.587. The normalized spacial score (nSPS) is 16.7. The van der Waals surface area contributed by atoms with E-state index >= 15 is 0 Å². The van der Waals surface area contributed by atoms with Crippen LogP contribution in [0.25, 0.3) is 0 Å². The Labute approximate surface area is 121 Å². The fourth-order valence-corrected chi connectivity index (χ4v) is 2.57. The van der Waals surface area contributed by atoms with Gasteiger partial charge in [0.1, 0.15) is 0 Å². The van der Waals surface area contributed by atoms with Gasteiger partial charge < -0.3 is 10.6 Å². The molecule has 0 aliphatic carbocycles. The van der Waals surface area contributed by atoms with E-state index in [9.17, 15) is 18.0 Å². The van der Waals surface area contributed by atoms with Crippen LogP contribution in [-0.2, 0) is 17.5 Å². The molecule has 1 aliphatic rings. The predicted octanol–water partition coefficient (Wildman–Crippen LogP) is 2.71. The summed E-state index contributed by atoms with van der Waals surface area (Å²) in [5, 5.41) is 5.81. The number of nitrogens with one attached hydrogen (secondary N) is 2. The van der Waals surface area contributed by atoms with Gasteiger partial charge in [0, 0.05) is 13.0 Å². The third-order valence-electron chi connectivity index (χ3n) is 3.73. The standard InChI is InChI=1S/C15H19F3N2O/c16-15(17,18)13-4-2-1-3-12(13)10-20-14(21)9-11-5-7-19-8-6-11/h1-4,11,19H,5-10H2,(H,20,21). The summed E-state index contributed by atoms with van der Waals surface area (Å²) in [7, 11) is 0. The molecule has 116 valence electrons. The minimum Gasteiger partial charge on any atom is -0.352 e. The molecule has 1 aliphatic heterocycles. The fraction of sp³-hybridized carbons (Fsp3) is 0.533. The van der Waals surface area contributed by atoms with Crippen LogP contribution in [0.3, 0.4) is 0 Å². The van der Waals surface area contributed by atoms with Gasteiger partial charge in [0.05, 0.1) is 5.56 Å². The van der Waals surface area contributed by atoms with Gasteiger partial charge >= 0.3 is 6.18 Å². The van der Waals surface area contributed by atoms with E-state index in [2.05, 4.69) is 10.6 Å². The number of carbonyl (C=O) groups is 1. The first-order valence-electron chi connectivity index (χ1n) is 7.09. The van der Waals surface area contributed by atoms with E-state index in [0.29, 0.717) is 12.3 Å². The molecule has 21 heavy (non-hydrogen) atoms. The molecule has 3 nitrogen and oxygen atoms in total. The number of benzene rings is 1. The maximum Gasteiger partial charge on any atom is 0.416 e. The lowest BCUT2D eigenvalue weighted by atomic mass is 9.94. The second-order valence-corrected chi connectivity index (χ2v) is 5.33. The van der Waals surface area contributed by atoms with Gasteiger partial charge in [-0.15, -0.1) is 0 Å². The van der Waals surface area contributed by atoms with Crippen LogP contribution in [0.1, 0.15) is 30.4 Å². The van der Waals surface area contributed by atoms with Gasteiger partial charge in [-0.3, -0.25) is 4.79 Å².